The van der Waals surface area contributed by atoms with Crippen molar-refractivity contribution in [1.82, 2.24) is 19.8 Å². The molecule has 5 nitrogen and oxygen atoms in total. The third-order valence-electron chi connectivity index (χ3n) is 3.51. The van der Waals surface area contributed by atoms with Gasteiger partial charge in [-0.15, -0.1) is 5.10 Å². The summed E-state index contributed by atoms with van der Waals surface area (Å²) in [6, 6.07) is 0.378. The number of aromatic nitrogens is 2. The van der Waals surface area contributed by atoms with Gasteiger partial charge in [-0.2, -0.15) is 0 Å². The summed E-state index contributed by atoms with van der Waals surface area (Å²) < 4.78 is 3.75. The number of carbonyl (C=O) groups excluding carboxylic acids is 1. The van der Waals surface area contributed by atoms with Gasteiger partial charge in [-0.3, -0.25) is 4.79 Å². The van der Waals surface area contributed by atoms with E-state index in [-0.39, 0.29) is 5.91 Å². The second-order valence-electron chi connectivity index (χ2n) is 4.41. The van der Waals surface area contributed by atoms with Crippen LogP contribution in [0.25, 0.3) is 0 Å². The predicted molar refractivity (Wildman–Crippen MR) is 60.3 cm³/mol. The van der Waals surface area contributed by atoms with E-state index in [1.54, 1.807) is 6.20 Å². The second kappa shape index (κ2) is 4.10. The highest BCUT2D eigenvalue weighted by Gasteiger charge is 2.37. The van der Waals surface area contributed by atoms with Gasteiger partial charge in [0.2, 0.25) is 0 Å². The summed E-state index contributed by atoms with van der Waals surface area (Å²) in [6.07, 6.45) is 3.92. The van der Waals surface area contributed by atoms with E-state index in [0.717, 1.165) is 26.1 Å². The lowest BCUT2D eigenvalue weighted by Gasteiger charge is -2.36. The minimum atomic E-state index is 0.105. The maximum absolute atomic E-state index is 12.2. The zero-order chi connectivity index (χ0) is 11.0. The first-order chi connectivity index (χ1) is 7.86. The molecule has 3 rings (SSSR count). The molecule has 1 aromatic heterocycles. The molecule has 6 heteroatoms. The van der Waals surface area contributed by atoms with Crippen LogP contribution in [0.5, 0.6) is 0 Å². The minimum absolute atomic E-state index is 0.105. The molecular weight excluding hydrogens is 224 g/mol. The van der Waals surface area contributed by atoms with E-state index >= 15 is 0 Å². The monoisotopic (exact) mass is 238 g/mol. The van der Waals surface area contributed by atoms with E-state index in [1.165, 1.54) is 18.0 Å². The molecule has 2 atom stereocenters. The molecule has 16 heavy (non-hydrogen) atoms. The number of hydrogen-bond donors (Lipinski definition) is 1. The minimum Gasteiger partial charge on any atom is -0.333 e. The van der Waals surface area contributed by atoms with Crippen molar-refractivity contribution in [3.05, 3.63) is 11.1 Å². The van der Waals surface area contributed by atoms with Gasteiger partial charge in [-0.05, 0) is 30.3 Å². The van der Waals surface area contributed by atoms with E-state index in [0.29, 0.717) is 16.8 Å². The lowest BCUT2D eigenvalue weighted by atomic mass is 9.92. The van der Waals surface area contributed by atoms with Crippen LogP contribution in [0.2, 0.25) is 0 Å². The first kappa shape index (κ1) is 10.2. The van der Waals surface area contributed by atoms with Crippen molar-refractivity contribution in [3.8, 4) is 0 Å². The first-order valence-corrected chi connectivity index (χ1v) is 6.42. The summed E-state index contributed by atoms with van der Waals surface area (Å²) >= 11 is 1.19. The maximum atomic E-state index is 12.2. The molecule has 2 aliphatic rings. The number of likely N-dealkylation sites (tertiary alicyclic amines) is 1. The lowest BCUT2D eigenvalue weighted by Crippen LogP contribution is -2.48. The SMILES string of the molecule is O=C(c1cnns1)N1CCCC2CNCC21. The molecule has 2 unspecified atom stereocenters. The van der Waals surface area contributed by atoms with Gasteiger partial charge >= 0.3 is 0 Å². The van der Waals surface area contributed by atoms with Crippen molar-refractivity contribution >= 4 is 17.4 Å². The Morgan fingerprint density at radius 3 is 3.31 bits per heavy atom. The summed E-state index contributed by atoms with van der Waals surface area (Å²) in [5, 5.41) is 7.10. The molecule has 1 aromatic rings. The van der Waals surface area contributed by atoms with Crippen LogP contribution in [0.4, 0.5) is 0 Å². The molecule has 2 fully saturated rings. The van der Waals surface area contributed by atoms with Crippen LogP contribution in [0.3, 0.4) is 0 Å². The van der Waals surface area contributed by atoms with Gasteiger partial charge in [-0.1, -0.05) is 4.49 Å². The molecule has 3 heterocycles. The second-order valence-corrected chi connectivity index (χ2v) is 5.19. The molecule has 0 bridgehead atoms. The maximum Gasteiger partial charge on any atom is 0.267 e. The largest absolute Gasteiger partial charge is 0.333 e. The van der Waals surface area contributed by atoms with Crippen LogP contribution in [0.15, 0.2) is 6.20 Å². The molecule has 1 N–H and O–H groups in total. The Balaban J connectivity index is 1.80. The van der Waals surface area contributed by atoms with Gasteiger partial charge < -0.3 is 10.2 Å². The topological polar surface area (TPSA) is 58.1 Å². The summed E-state index contributed by atoms with van der Waals surface area (Å²) in [6.45, 7) is 2.86. The molecule has 0 aromatic carbocycles. The number of nitrogens with one attached hydrogen (secondary N) is 1. The molecule has 2 saturated heterocycles. The lowest BCUT2D eigenvalue weighted by molar-refractivity contribution is 0.0579. The molecule has 0 radical (unpaired) electrons. The van der Waals surface area contributed by atoms with E-state index < -0.39 is 0 Å². The predicted octanol–water partition coefficient (Wildman–Crippen LogP) is 0.362. The van der Waals surface area contributed by atoms with Crippen molar-refractivity contribution in [2.75, 3.05) is 19.6 Å². The average Bonchev–Trinajstić information content (AvgIpc) is 2.98. The van der Waals surface area contributed by atoms with Crippen molar-refractivity contribution in [2.45, 2.75) is 18.9 Å². The standard InChI is InChI=1S/C10H14N4OS/c15-10(9-6-12-13-16-9)14-3-1-2-7-4-11-5-8(7)14/h6-8,11H,1-5H2. The molecule has 86 valence electrons. The number of carbonyl (C=O) groups is 1. The molecule has 0 spiro atoms. The molecule has 2 aliphatic heterocycles. The van der Waals surface area contributed by atoms with Gasteiger partial charge in [-0.25, -0.2) is 0 Å². The Bertz CT molecular complexity index is 380. The Hall–Kier alpha value is -1.01. The van der Waals surface area contributed by atoms with Crippen LogP contribution in [0, 0.1) is 5.92 Å². The molecule has 0 aliphatic carbocycles. The zero-order valence-electron chi connectivity index (χ0n) is 8.93. The summed E-state index contributed by atoms with van der Waals surface area (Å²) in [7, 11) is 0. The Morgan fingerprint density at radius 2 is 2.50 bits per heavy atom. The number of rotatable bonds is 1. The van der Waals surface area contributed by atoms with Crippen LogP contribution in [-0.2, 0) is 0 Å². The number of hydrogen-bond acceptors (Lipinski definition) is 5. The fraction of sp³-hybridized carbons (Fsp3) is 0.700. The molecule has 1 amide bonds. The van der Waals surface area contributed by atoms with E-state index in [9.17, 15) is 4.79 Å². The van der Waals surface area contributed by atoms with Gasteiger partial charge in [0.05, 0.1) is 6.20 Å². The van der Waals surface area contributed by atoms with Crippen LogP contribution in [-0.4, -0.2) is 46.1 Å². The third-order valence-corrected chi connectivity index (χ3v) is 4.16. The summed E-state index contributed by atoms with van der Waals surface area (Å²) in [5.41, 5.74) is 0. The molecule has 0 saturated carbocycles. The quantitative estimate of drug-likeness (QED) is 0.767. The van der Waals surface area contributed by atoms with Crippen molar-refractivity contribution in [1.29, 1.82) is 0 Å². The van der Waals surface area contributed by atoms with Crippen molar-refractivity contribution in [2.24, 2.45) is 5.92 Å². The Morgan fingerprint density at radius 1 is 1.56 bits per heavy atom. The van der Waals surface area contributed by atoms with Gasteiger partial charge in [0.1, 0.15) is 4.88 Å². The van der Waals surface area contributed by atoms with Crippen LogP contribution in [0.1, 0.15) is 22.5 Å². The smallest absolute Gasteiger partial charge is 0.267 e. The Kier molecular flexibility index (Phi) is 2.61. The van der Waals surface area contributed by atoms with E-state index in [2.05, 4.69) is 14.9 Å². The fourth-order valence-corrected chi connectivity index (χ4v) is 3.20. The summed E-state index contributed by atoms with van der Waals surface area (Å²) in [4.78, 5) is 14.9. The normalized spacial score (nSPS) is 29.1. The fourth-order valence-electron chi connectivity index (χ4n) is 2.72. The number of fused-ring (bicyclic) bond motifs is 1. The van der Waals surface area contributed by atoms with E-state index in [1.807, 2.05) is 4.90 Å². The average molecular weight is 238 g/mol. The number of piperidine rings is 1. The van der Waals surface area contributed by atoms with Gasteiger partial charge in [0.25, 0.3) is 5.91 Å². The van der Waals surface area contributed by atoms with Crippen molar-refractivity contribution in [3.63, 3.8) is 0 Å². The number of nitrogens with zero attached hydrogens (tertiary/aromatic N) is 3. The van der Waals surface area contributed by atoms with Crippen LogP contribution < -0.4 is 5.32 Å². The van der Waals surface area contributed by atoms with Crippen molar-refractivity contribution < 1.29 is 4.79 Å². The highest BCUT2D eigenvalue weighted by Crippen LogP contribution is 2.27. The first-order valence-electron chi connectivity index (χ1n) is 5.65. The molecular formula is C10H14N4OS. The van der Waals surface area contributed by atoms with Gasteiger partial charge in [0.15, 0.2) is 0 Å². The zero-order valence-corrected chi connectivity index (χ0v) is 9.74. The summed E-state index contributed by atoms with van der Waals surface area (Å²) in [5.74, 6) is 0.743. The Labute approximate surface area is 98.0 Å². The number of amides is 1. The third kappa shape index (κ3) is 1.62. The van der Waals surface area contributed by atoms with Gasteiger partial charge in [0, 0.05) is 25.7 Å². The van der Waals surface area contributed by atoms with E-state index in [4.69, 9.17) is 0 Å². The highest BCUT2D eigenvalue weighted by atomic mass is 32.1. The van der Waals surface area contributed by atoms with Crippen LogP contribution >= 0.6 is 11.5 Å². The highest BCUT2D eigenvalue weighted by molar-refractivity contribution is 7.07.